The van der Waals surface area contributed by atoms with Gasteiger partial charge in [-0.15, -0.1) is 0 Å². The Morgan fingerprint density at radius 1 is 1.54 bits per heavy atom. The number of carbonyl (C=O) groups is 1. The van der Waals surface area contributed by atoms with Crippen molar-refractivity contribution in [3.63, 3.8) is 0 Å². The number of aromatic nitrogens is 2. The van der Waals surface area contributed by atoms with Gasteiger partial charge in [-0.3, -0.25) is 0 Å². The van der Waals surface area contributed by atoms with Crippen molar-refractivity contribution in [3.05, 3.63) is 18.1 Å². The van der Waals surface area contributed by atoms with Crippen molar-refractivity contribution in [2.75, 3.05) is 0 Å². The summed E-state index contributed by atoms with van der Waals surface area (Å²) >= 11 is 0. The second-order valence-corrected chi connectivity index (χ2v) is 1.93. The van der Waals surface area contributed by atoms with E-state index in [1.165, 1.54) is 0 Å². The van der Waals surface area contributed by atoms with Gasteiger partial charge in [-0.1, -0.05) is 0 Å². The molecule has 1 aromatic rings. The van der Waals surface area contributed by atoms with Crippen LogP contribution in [0.1, 0.15) is 10.5 Å². The van der Waals surface area contributed by atoms with Crippen LogP contribution in [0.25, 0.3) is 0 Å². The van der Waals surface area contributed by atoms with Crippen LogP contribution >= 0.6 is 0 Å². The van der Waals surface area contributed by atoms with Crippen molar-refractivity contribution in [2.45, 2.75) is 6.61 Å². The molecule has 0 aliphatic heterocycles. The van der Waals surface area contributed by atoms with Gasteiger partial charge in [0.2, 0.25) is 5.88 Å². The maximum Gasteiger partial charge on any atom is 0.388 e. The second kappa shape index (κ2) is 3.74. The molecule has 5 nitrogen and oxygen atoms in total. The predicted octanol–water partition coefficient (Wildman–Crippen LogP) is 0.776. The average molecular weight is 190 g/mol. The summed E-state index contributed by atoms with van der Waals surface area (Å²) < 4.78 is 27.1. The molecule has 1 rings (SSSR count). The van der Waals surface area contributed by atoms with E-state index in [1.54, 1.807) is 0 Å². The summed E-state index contributed by atoms with van der Waals surface area (Å²) in [5, 5.41) is 8.41. The van der Waals surface area contributed by atoms with E-state index in [-0.39, 0.29) is 0 Å². The van der Waals surface area contributed by atoms with Crippen molar-refractivity contribution in [2.24, 2.45) is 0 Å². The number of hydrogen-bond acceptors (Lipinski definition) is 4. The van der Waals surface area contributed by atoms with Crippen molar-refractivity contribution in [3.8, 4) is 5.88 Å². The number of alkyl halides is 2. The van der Waals surface area contributed by atoms with Crippen LogP contribution in [-0.4, -0.2) is 27.7 Å². The number of carboxylic acids is 1. The van der Waals surface area contributed by atoms with Gasteiger partial charge in [-0.25, -0.2) is 14.8 Å². The zero-order valence-corrected chi connectivity index (χ0v) is 6.15. The van der Waals surface area contributed by atoms with Crippen LogP contribution in [-0.2, 0) is 0 Å². The molecule has 70 valence electrons. The van der Waals surface area contributed by atoms with Crippen LogP contribution in [0.3, 0.4) is 0 Å². The third-order valence-electron chi connectivity index (χ3n) is 1.07. The lowest BCUT2D eigenvalue weighted by Gasteiger charge is -2.02. The number of carboxylic acid groups (broad SMARTS) is 1. The third-order valence-corrected chi connectivity index (χ3v) is 1.07. The Bertz CT molecular complexity index is 319. The summed E-state index contributed by atoms with van der Waals surface area (Å²) in [7, 11) is 0. The Hall–Kier alpha value is -1.79. The van der Waals surface area contributed by atoms with E-state index in [1.807, 2.05) is 0 Å². The van der Waals surface area contributed by atoms with E-state index in [0.29, 0.717) is 0 Å². The predicted molar refractivity (Wildman–Crippen MR) is 35.6 cm³/mol. The van der Waals surface area contributed by atoms with Crippen molar-refractivity contribution in [1.29, 1.82) is 0 Å². The fourth-order valence-corrected chi connectivity index (χ4v) is 0.612. The Morgan fingerprint density at radius 3 is 2.77 bits per heavy atom. The second-order valence-electron chi connectivity index (χ2n) is 1.93. The molecular weight excluding hydrogens is 186 g/mol. The Labute approximate surface area is 71.0 Å². The van der Waals surface area contributed by atoms with Crippen LogP contribution in [0.5, 0.6) is 5.88 Å². The molecule has 0 unspecified atom stereocenters. The van der Waals surface area contributed by atoms with E-state index in [9.17, 15) is 13.6 Å². The molecule has 1 aromatic heterocycles. The molecular formula is C6H4F2N2O3. The summed E-state index contributed by atoms with van der Waals surface area (Å²) in [6.45, 7) is -3.03. The molecule has 0 radical (unpaired) electrons. The van der Waals surface area contributed by atoms with Gasteiger partial charge in [-0.2, -0.15) is 8.78 Å². The minimum absolute atomic E-state index is 0.398. The van der Waals surface area contributed by atoms with Gasteiger partial charge in [-0.05, 0) is 0 Å². The Balaban J connectivity index is 2.85. The van der Waals surface area contributed by atoms with Crippen molar-refractivity contribution < 1.29 is 23.4 Å². The first-order valence-electron chi connectivity index (χ1n) is 3.09. The number of aromatic carboxylic acids is 1. The number of rotatable bonds is 3. The first-order valence-corrected chi connectivity index (χ1v) is 3.09. The lowest BCUT2D eigenvalue weighted by Crippen LogP contribution is -2.06. The average Bonchev–Trinajstić information content (AvgIpc) is 2.03. The Kier molecular flexibility index (Phi) is 2.68. The summed E-state index contributed by atoms with van der Waals surface area (Å²) in [6, 6.07) is 0.814. The molecule has 1 heterocycles. The third kappa shape index (κ3) is 2.62. The largest absolute Gasteiger partial charge is 0.477 e. The lowest BCUT2D eigenvalue weighted by molar-refractivity contribution is -0.0530. The van der Waals surface area contributed by atoms with Crippen molar-refractivity contribution >= 4 is 5.97 Å². The van der Waals surface area contributed by atoms with Crippen LogP contribution in [0.15, 0.2) is 12.4 Å². The first-order chi connectivity index (χ1) is 6.09. The SMILES string of the molecule is O=C(O)c1cc(OC(F)F)ncn1. The molecule has 0 fully saturated rings. The van der Waals surface area contributed by atoms with E-state index in [0.717, 1.165) is 12.4 Å². The van der Waals surface area contributed by atoms with Crippen LogP contribution in [0.2, 0.25) is 0 Å². The van der Waals surface area contributed by atoms with Gasteiger partial charge in [0.25, 0.3) is 0 Å². The van der Waals surface area contributed by atoms with Crippen LogP contribution < -0.4 is 4.74 Å². The first kappa shape index (κ1) is 9.30. The fraction of sp³-hybridized carbons (Fsp3) is 0.167. The van der Waals surface area contributed by atoms with E-state index in [4.69, 9.17) is 5.11 Å². The highest BCUT2D eigenvalue weighted by atomic mass is 19.3. The lowest BCUT2D eigenvalue weighted by atomic mass is 10.4. The summed E-state index contributed by atoms with van der Waals surface area (Å²) in [5.74, 6) is -1.80. The molecule has 1 N–H and O–H groups in total. The summed E-state index contributed by atoms with van der Waals surface area (Å²) in [5.41, 5.74) is -0.398. The normalized spacial score (nSPS) is 10.1. The Morgan fingerprint density at radius 2 is 2.23 bits per heavy atom. The van der Waals surface area contributed by atoms with Gasteiger partial charge in [0, 0.05) is 6.07 Å². The molecule has 0 atom stereocenters. The van der Waals surface area contributed by atoms with Crippen molar-refractivity contribution in [1.82, 2.24) is 9.97 Å². The van der Waals surface area contributed by atoms with Gasteiger partial charge >= 0.3 is 12.6 Å². The van der Waals surface area contributed by atoms with Gasteiger partial charge in [0.05, 0.1) is 0 Å². The zero-order valence-electron chi connectivity index (χ0n) is 6.15. The molecule has 0 aliphatic rings. The number of ether oxygens (including phenoxy) is 1. The molecule has 0 aliphatic carbocycles. The zero-order chi connectivity index (χ0) is 9.84. The maximum atomic E-state index is 11.6. The number of hydrogen-bond donors (Lipinski definition) is 1. The molecule has 0 saturated carbocycles. The van der Waals surface area contributed by atoms with Gasteiger partial charge in [0.1, 0.15) is 6.33 Å². The molecule has 0 spiro atoms. The molecule has 0 amide bonds. The molecule has 7 heteroatoms. The van der Waals surface area contributed by atoms with Gasteiger partial charge in [0.15, 0.2) is 5.69 Å². The summed E-state index contributed by atoms with van der Waals surface area (Å²) in [4.78, 5) is 16.9. The standard InChI is InChI=1S/C6H4F2N2O3/c7-6(8)13-4-1-3(5(11)12)9-2-10-4/h1-2,6H,(H,11,12). The quantitative estimate of drug-likeness (QED) is 0.762. The topological polar surface area (TPSA) is 72.3 Å². The molecule has 0 bridgehead atoms. The summed E-state index contributed by atoms with van der Waals surface area (Å²) in [6.07, 6.45) is 0.834. The number of halogens is 2. The highest BCUT2D eigenvalue weighted by molar-refractivity contribution is 5.85. The van der Waals surface area contributed by atoms with E-state index >= 15 is 0 Å². The highest BCUT2D eigenvalue weighted by Crippen LogP contribution is 2.09. The smallest absolute Gasteiger partial charge is 0.388 e. The molecule has 13 heavy (non-hydrogen) atoms. The monoisotopic (exact) mass is 190 g/mol. The van der Waals surface area contributed by atoms with E-state index < -0.39 is 24.2 Å². The highest BCUT2D eigenvalue weighted by Gasteiger charge is 2.09. The minimum atomic E-state index is -3.03. The molecule has 0 saturated heterocycles. The van der Waals surface area contributed by atoms with Crippen LogP contribution in [0, 0.1) is 0 Å². The molecule has 0 aromatic carbocycles. The van der Waals surface area contributed by atoms with E-state index in [2.05, 4.69) is 14.7 Å². The fourth-order valence-electron chi connectivity index (χ4n) is 0.612. The van der Waals surface area contributed by atoms with Crippen LogP contribution in [0.4, 0.5) is 8.78 Å². The number of nitrogens with zero attached hydrogens (tertiary/aromatic N) is 2. The minimum Gasteiger partial charge on any atom is -0.477 e. The van der Waals surface area contributed by atoms with Gasteiger partial charge < -0.3 is 9.84 Å². The maximum absolute atomic E-state index is 11.6.